The van der Waals surface area contributed by atoms with Crippen LogP contribution in [0.3, 0.4) is 0 Å². The molecule has 320 valence electrons. The molecule has 1 saturated carbocycles. The fraction of sp³-hybridized carbons (Fsp3) is 0.659. The van der Waals surface area contributed by atoms with Crippen molar-refractivity contribution in [2.75, 3.05) is 27.2 Å². The molecule has 1 aromatic carbocycles. The molecule has 4 amide bonds. The van der Waals surface area contributed by atoms with E-state index < -0.39 is 52.5 Å². The van der Waals surface area contributed by atoms with E-state index in [1.165, 1.54) is 19.2 Å². The van der Waals surface area contributed by atoms with E-state index in [4.69, 9.17) is 4.74 Å². The maximum Gasteiger partial charge on any atom is 0.407 e. The number of nitro benzene ring substituents is 1. The first-order chi connectivity index (χ1) is 27.5. The molecule has 0 bridgehead atoms. The second-order valence-corrected chi connectivity index (χ2v) is 17.1. The number of carboxylic acid groups (broad SMARTS) is 1. The smallest absolute Gasteiger partial charge is 0.407 e. The van der Waals surface area contributed by atoms with Gasteiger partial charge in [-0.25, -0.2) is 9.78 Å². The standard InChI is InChI=1S/C41H61N7O9S/c1-8-19-47(38(51)34(26(5)9-2)45-36(50)31-12-10-11-20-46(31)7)32(25(3)4)22-33(57-40(54)42-6)37-44-30(24-58-37)35(49)43-28(23-41(17-18-41)39(52)53)21-27-13-15-29(16-14-27)48(55)56/h13-16,24-26,28,31-34H,8-12,17-23H2,1-7H3,(H,42,54)(H,43,49)(H,45,50)(H,52,53)/t26-,28-,31+,32+,33+,34-/m0/s1. The number of nitro groups is 1. The van der Waals surface area contributed by atoms with Crippen LogP contribution in [0.4, 0.5) is 10.5 Å². The number of likely N-dealkylation sites (N-methyl/N-ethyl adjacent to an activating group) is 1. The SMILES string of the molecule is CCCN(C(=O)[C@@H](NC(=O)[C@H]1CCCCN1C)[C@@H](C)CC)[C@H](C[C@@H](OC(=O)NC)c1nc(C(=O)N[C@@H](Cc2ccc([N+](=O)[O-])cc2)CC2(C(=O)O)CC2)cs1)C(C)C. The Hall–Kier alpha value is -4.64. The molecule has 17 heteroatoms. The predicted octanol–water partition coefficient (Wildman–Crippen LogP) is 5.71. The molecule has 16 nitrogen and oxygen atoms in total. The molecule has 2 aliphatic rings. The van der Waals surface area contributed by atoms with E-state index in [1.54, 1.807) is 22.4 Å². The first-order valence-electron chi connectivity index (χ1n) is 20.5. The zero-order valence-electron chi connectivity index (χ0n) is 34.8. The van der Waals surface area contributed by atoms with Gasteiger partial charge in [-0.1, -0.05) is 59.6 Å². The molecule has 1 aliphatic carbocycles. The predicted molar refractivity (Wildman–Crippen MR) is 219 cm³/mol. The minimum Gasteiger partial charge on any atom is -0.481 e. The van der Waals surface area contributed by atoms with E-state index in [9.17, 15) is 39.2 Å². The van der Waals surface area contributed by atoms with Gasteiger partial charge < -0.3 is 30.7 Å². The molecule has 0 unspecified atom stereocenters. The summed E-state index contributed by atoms with van der Waals surface area (Å²) in [5.74, 6) is -2.09. The number of carboxylic acids is 1. The molecule has 4 N–H and O–H groups in total. The van der Waals surface area contributed by atoms with Gasteiger partial charge in [-0.2, -0.15) is 0 Å². The third-order valence-electron chi connectivity index (χ3n) is 11.6. The number of carbonyl (C=O) groups is 5. The lowest BCUT2D eigenvalue weighted by Gasteiger charge is -2.40. The fourth-order valence-electron chi connectivity index (χ4n) is 7.70. The number of aliphatic carboxylic acids is 1. The molecule has 1 saturated heterocycles. The summed E-state index contributed by atoms with van der Waals surface area (Å²) in [6, 6.07) is 3.79. The Labute approximate surface area is 345 Å². The van der Waals surface area contributed by atoms with Gasteiger partial charge in [0.25, 0.3) is 11.6 Å². The molecule has 1 aromatic heterocycles. The van der Waals surface area contributed by atoms with E-state index in [0.717, 1.165) is 37.1 Å². The highest BCUT2D eigenvalue weighted by Crippen LogP contribution is 2.50. The van der Waals surface area contributed by atoms with Crippen molar-refractivity contribution in [1.29, 1.82) is 0 Å². The number of alkyl carbamates (subject to hydrolysis) is 1. The van der Waals surface area contributed by atoms with Gasteiger partial charge in [0.05, 0.1) is 16.4 Å². The van der Waals surface area contributed by atoms with Gasteiger partial charge in [0, 0.05) is 49.6 Å². The zero-order chi connectivity index (χ0) is 42.7. The summed E-state index contributed by atoms with van der Waals surface area (Å²) < 4.78 is 5.88. The topological polar surface area (TPSA) is 213 Å². The van der Waals surface area contributed by atoms with Crippen molar-refractivity contribution in [3.63, 3.8) is 0 Å². The number of nitrogens with one attached hydrogen (secondary N) is 3. The number of thiazole rings is 1. The van der Waals surface area contributed by atoms with Gasteiger partial charge in [0.1, 0.15) is 16.7 Å². The number of piperidine rings is 1. The van der Waals surface area contributed by atoms with Crippen LogP contribution < -0.4 is 16.0 Å². The van der Waals surface area contributed by atoms with Crippen molar-refractivity contribution in [3.8, 4) is 0 Å². The second-order valence-electron chi connectivity index (χ2n) is 16.2. The third kappa shape index (κ3) is 12.0. The van der Waals surface area contributed by atoms with Crippen LogP contribution in [0.5, 0.6) is 0 Å². The minimum absolute atomic E-state index is 0.0502. The molecular formula is C41H61N7O9S. The summed E-state index contributed by atoms with van der Waals surface area (Å²) in [5, 5.41) is 31.6. The van der Waals surface area contributed by atoms with Crippen LogP contribution in [-0.4, -0.2) is 106 Å². The molecule has 1 aliphatic heterocycles. The lowest BCUT2D eigenvalue weighted by atomic mass is 9.92. The van der Waals surface area contributed by atoms with E-state index in [-0.39, 0.29) is 60.3 Å². The zero-order valence-corrected chi connectivity index (χ0v) is 35.6. The minimum atomic E-state index is -0.963. The van der Waals surface area contributed by atoms with Gasteiger partial charge in [-0.15, -0.1) is 11.3 Å². The highest BCUT2D eigenvalue weighted by atomic mass is 32.1. The molecule has 2 aromatic rings. The van der Waals surface area contributed by atoms with Crippen LogP contribution in [0, 0.1) is 27.4 Å². The summed E-state index contributed by atoms with van der Waals surface area (Å²) in [6.07, 6.45) is 3.88. The molecular weight excluding hydrogens is 767 g/mol. The number of amides is 4. The second kappa shape index (κ2) is 20.9. The Morgan fingerprint density at radius 1 is 1.10 bits per heavy atom. The third-order valence-corrected chi connectivity index (χ3v) is 12.6. The number of rotatable bonds is 21. The Morgan fingerprint density at radius 2 is 1.79 bits per heavy atom. The molecule has 4 rings (SSSR count). The highest BCUT2D eigenvalue weighted by Gasteiger charge is 2.51. The lowest BCUT2D eigenvalue weighted by Crippen LogP contribution is -2.58. The van der Waals surface area contributed by atoms with Gasteiger partial charge in [0.15, 0.2) is 6.10 Å². The molecule has 6 atom stereocenters. The summed E-state index contributed by atoms with van der Waals surface area (Å²) in [5.41, 5.74) is -0.301. The van der Waals surface area contributed by atoms with E-state index in [1.807, 2.05) is 46.6 Å². The fourth-order valence-corrected chi connectivity index (χ4v) is 8.54. The van der Waals surface area contributed by atoms with Crippen molar-refractivity contribution in [3.05, 3.63) is 56.0 Å². The van der Waals surface area contributed by atoms with Crippen LogP contribution in [0.25, 0.3) is 0 Å². The van der Waals surface area contributed by atoms with Crippen molar-refractivity contribution in [2.24, 2.45) is 17.3 Å². The van der Waals surface area contributed by atoms with Gasteiger partial charge >= 0.3 is 12.1 Å². The molecule has 2 heterocycles. The maximum atomic E-state index is 14.6. The lowest BCUT2D eigenvalue weighted by molar-refractivity contribution is -0.384. The van der Waals surface area contributed by atoms with E-state index >= 15 is 0 Å². The largest absolute Gasteiger partial charge is 0.481 e. The normalized spacial score (nSPS) is 18.9. The van der Waals surface area contributed by atoms with Crippen LogP contribution in [0.1, 0.15) is 120 Å². The number of ether oxygens (including phenoxy) is 1. The number of likely N-dealkylation sites (tertiary alicyclic amines) is 1. The average Bonchev–Trinajstić information content (AvgIpc) is 3.81. The first-order valence-corrected chi connectivity index (χ1v) is 21.3. The Bertz CT molecular complexity index is 1750. The number of benzene rings is 1. The van der Waals surface area contributed by atoms with Gasteiger partial charge in [0.2, 0.25) is 11.8 Å². The molecule has 58 heavy (non-hydrogen) atoms. The number of nitrogens with zero attached hydrogens (tertiary/aromatic N) is 4. The van der Waals surface area contributed by atoms with Crippen molar-refractivity contribution in [1.82, 2.24) is 30.7 Å². The van der Waals surface area contributed by atoms with Crippen LogP contribution in [0.2, 0.25) is 0 Å². The molecule has 0 spiro atoms. The number of carbonyl (C=O) groups excluding carboxylic acids is 4. The summed E-state index contributed by atoms with van der Waals surface area (Å²) >= 11 is 1.13. The quantitative estimate of drug-likeness (QED) is 0.0884. The highest BCUT2D eigenvalue weighted by molar-refractivity contribution is 7.09. The van der Waals surface area contributed by atoms with Crippen LogP contribution in [-0.2, 0) is 25.5 Å². The Balaban J connectivity index is 1.59. The average molecular weight is 828 g/mol. The monoisotopic (exact) mass is 827 g/mol. The van der Waals surface area contributed by atoms with Gasteiger partial charge in [-0.3, -0.25) is 34.2 Å². The molecule has 0 radical (unpaired) electrons. The number of aromatic nitrogens is 1. The van der Waals surface area contributed by atoms with Crippen molar-refractivity contribution in [2.45, 2.75) is 129 Å². The van der Waals surface area contributed by atoms with Crippen molar-refractivity contribution < 1.29 is 38.7 Å². The van der Waals surface area contributed by atoms with Crippen LogP contribution >= 0.6 is 11.3 Å². The Kier molecular flexibility index (Phi) is 16.6. The number of hydrogen-bond acceptors (Lipinski definition) is 11. The first kappa shape index (κ1) is 46.1. The van der Waals surface area contributed by atoms with Crippen molar-refractivity contribution >= 4 is 46.8 Å². The summed E-state index contributed by atoms with van der Waals surface area (Å²) in [4.78, 5) is 86.1. The van der Waals surface area contributed by atoms with Gasteiger partial charge in [-0.05, 0) is 75.9 Å². The summed E-state index contributed by atoms with van der Waals surface area (Å²) in [7, 11) is 3.37. The van der Waals surface area contributed by atoms with E-state index in [2.05, 4.69) is 20.9 Å². The number of hydrogen-bond donors (Lipinski definition) is 4. The van der Waals surface area contributed by atoms with Crippen LogP contribution in [0.15, 0.2) is 29.6 Å². The number of non-ortho nitro benzene ring substituents is 1. The maximum absolute atomic E-state index is 14.6. The molecule has 2 fully saturated rings. The Morgan fingerprint density at radius 3 is 2.34 bits per heavy atom. The summed E-state index contributed by atoms with van der Waals surface area (Å²) in [6.45, 7) is 11.1. The van der Waals surface area contributed by atoms with E-state index in [0.29, 0.717) is 42.8 Å².